The highest BCUT2D eigenvalue weighted by Crippen LogP contribution is 2.18. The van der Waals surface area contributed by atoms with Gasteiger partial charge >= 0.3 is 0 Å². The molecule has 1 saturated heterocycles. The number of hydrogen-bond donors (Lipinski definition) is 0. The molecule has 0 aromatic heterocycles. The van der Waals surface area contributed by atoms with Crippen LogP contribution in [0.5, 0.6) is 0 Å². The van der Waals surface area contributed by atoms with Gasteiger partial charge in [0, 0.05) is 18.6 Å². The van der Waals surface area contributed by atoms with E-state index < -0.39 is 0 Å². The molecular weight excluding hydrogens is 172 g/mol. The molecule has 0 aliphatic carbocycles. The minimum atomic E-state index is 0.731. The standard InChI is InChI=1S/C12H26N2/c1-5-11(3)13(4)10-12-8-7-9-14(12)6-2/h11-12H,5-10H2,1-4H3. The zero-order valence-electron chi connectivity index (χ0n) is 10.3. The molecule has 1 aliphatic heterocycles. The summed E-state index contributed by atoms with van der Waals surface area (Å²) >= 11 is 0. The third kappa shape index (κ3) is 2.96. The normalized spacial score (nSPS) is 25.9. The van der Waals surface area contributed by atoms with Crippen molar-refractivity contribution in [2.24, 2.45) is 0 Å². The molecule has 2 heteroatoms. The van der Waals surface area contributed by atoms with Gasteiger partial charge in [0.25, 0.3) is 0 Å². The summed E-state index contributed by atoms with van der Waals surface area (Å²) in [6.07, 6.45) is 4.05. The largest absolute Gasteiger partial charge is 0.302 e. The fourth-order valence-electron chi connectivity index (χ4n) is 2.34. The molecule has 1 aliphatic rings. The topological polar surface area (TPSA) is 6.48 Å². The monoisotopic (exact) mass is 198 g/mol. The molecule has 0 aromatic rings. The van der Waals surface area contributed by atoms with Crippen LogP contribution in [0.15, 0.2) is 0 Å². The van der Waals surface area contributed by atoms with Crippen LogP contribution in [0, 0.1) is 0 Å². The Hall–Kier alpha value is -0.0800. The third-order valence-electron chi connectivity index (χ3n) is 3.75. The molecule has 0 saturated carbocycles. The van der Waals surface area contributed by atoms with E-state index in [4.69, 9.17) is 0 Å². The maximum absolute atomic E-state index is 2.62. The minimum Gasteiger partial charge on any atom is -0.302 e. The highest BCUT2D eigenvalue weighted by molar-refractivity contribution is 4.81. The van der Waals surface area contributed by atoms with Crippen molar-refractivity contribution >= 4 is 0 Å². The highest BCUT2D eigenvalue weighted by Gasteiger charge is 2.24. The summed E-state index contributed by atoms with van der Waals surface area (Å²) in [6, 6.07) is 1.55. The lowest BCUT2D eigenvalue weighted by atomic mass is 10.1. The Bertz CT molecular complexity index is 158. The van der Waals surface area contributed by atoms with Crippen molar-refractivity contribution in [3.63, 3.8) is 0 Å². The van der Waals surface area contributed by atoms with Crippen molar-refractivity contribution in [2.45, 2.75) is 52.1 Å². The Morgan fingerprint density at radius 2 is 2.14 bits per heavy atom. The predicted octanol–water partition coefficient (Wildman–Crippen LogP) is 2.20. The number of nitrogens with zero attached hydrogens (tertiary/aromatic N) is 2. The van der Waals surface area contributed by atoms with Gasteiger partial charge in [0.05, 0.1) is 0 Å². The molecule has 2 nitrogen and oxygen atoms in total. The SMILES string of the molecule is CCC(C)N(C)CC1CCCN1CC. The van der Waals surface area contributed by atoms with Crippen LogP contribution in [0.3, 0.4) is 0 Å². The van der Waals surface area contributed by atoms with Crippen LogP contribution in [0.1, 0.15) is 40.0 Å². The van der Waals surface area contributed by atoms with Crippen LogP contribution >= 0.6 is 0 Å². The summed E-state index contributed by atoms with van der Waals surface area (Å²) in [7, 11) is 2.26. The van der Waals surface area contributed by atoms with E-state index in [9.17, 15) is 0 Å². The van der Waals surface area contributed by atoms with Crippen molar-refractivity contribution in [1.82, 2.24) is 9.80 Å². The Balaban J connectivity index is 2.35. The second-order valence-electron chi connectivity index (χ2n) is 4.62. The molecule has 1 heterocycles. The summed E-state index contributed by atoms with van der Waals surface area (Å²) < 4.78 is 0. The second kappa shape index (κ2) is 5.72. The molecule has 0 spiro atoms. The van der Waals surface area contributed by atoms with Crippen LogP contribution in [-0.2, 0) is 0 Å². The van der Waals surface area contributed by atoms with Crippen molar-refractivity contribution in [3.8, 4) is 0 Å². The van der Waals surface area contributed by atoms with Crippen LogP contribution in [-0.4, -0.2) is 48.6 Å². The quantitative estimate of drug-likeness (QED) is 0.668. The van der Waals surface area contributed by atoms with Gasteiger partial charge < -0.3 is 4.90 Å². The van der Waals surface area contributed by atoms with Crippen LogP contribution < -0.4 is 0 Å². The summed E-state index contributed by atoms with van der Waals surface area (Å²) in [5.41, 5.74) is 0. The molecule has 0 bridgehead atoms. The van der Waals surface area contributed by atoms with Gasteiger partial charge in [0.1, 0.15) is 0 Å². The predicted molar refractivity (Wildman–Crippen MR) is 62.7 cm³/mol. The maximum Gasteiger partial charge on any atom is 0.0223 e. The van der Waals surface area contributed by atoms with Crippen molar-refractivity contribution in [2.75, 3.05) is 26.7 Å². The molecule has 0 aromatic carbocycles. The van der Waals surface area contributed by atoms with Crippen molar-refractivity contribution in [1.29, 1.82) is 0 Å². The average molecular weight is 198 g/mol. The lowest BCUT2D eigenvalue weighted by Gasteiger charge is -2.30. The van der Waals surface area contributed by atoms with Gasteiger partial charge in [-0.15, -0.1) is 0 Å². The first-order valence-corrected chi connectivity index (χ1v) is 6.13. The number of rotatable bonds is 5. The lowest BCUT2D eigenvalue weighted by Crippen LogP contribution is -2.41. The van der Waals surface area contributed by atoms with Gasteiger partial charge in [0.15, 0.2) is 0 Å². The minimum absolute atomic E-state index is 0.731. The molecule has 0 amide bonds. The molecule has 2 unspecified atom stereocenters. The molecular formula is C12H26N2. The van der Waals surface area contributed by atoms with E-state index in [1.54, 1.807) is 0 Å². The Morgan fingerprint density at radius 3 is 2.71 bits per heavy atom. The first-order valence-electron chi connectivity index (χ1n) is 6.13. The molecule has 84 valence electrons. The van der Waals surface area contributed by atoms with E-state index in [1.807, 2.05) is 0 Å². The third-order valence-corrected chi connectivity index (χ3v) is 3.75. The van der Waals surface area contributed by atoms with Gasteiger partial charge in [-0.1, -0.05) is 13.8 Å². The van der Waals surface area contributed by atoms with E-state index in [-0.39, 0.29) is 0 Å². The van der Waals surface area contributed by atoms with Crippen molar-refractivity contribution in [3.05, 3.63) is 0 Å². The summed E-state index contributed by atoms with van der Waals surface area (Å²) in [5, 5.41) is 0. The molecule has 2 atom stereocenters. The number of likely N-dealkylation sites (N-methyl/N-ethyl adjacent to an activating group) is 2. The molecule has 0 radical (unpaired) electrons. The second-order valence-corrected chi connectivity index (χ2v) is 4.62. The summed E-state index contributed by atoms with van der Waals surface area (Å²) in [4.78, 5) is 5.14. The van der Waals surface area contributed by atoms with Gasteiger partial charge in [0.2, 0.25) is 0 Å². The lowest BCUT2D eigenvalue weighted by molar-refractivity contribution is 0.167. The van der Waals surface area contributed by atoms with E-state index in [0.29, 0.717) is 0 Å². The van der Waals surface area contributed by atoms with E-state index in [1.165, 1.54) is 38.9 Å². The van der Waals surface area contributed by atoms with Crippen LogP contribution in [0.4, 0.5) is 0 Å². The zero-order chi connectivity index (χ0) is 10.6. The first-order chi connectivity index (χ1) is 6.69. The fourth-order valence-corrected chi connectivity index (χ4v) is 2.34. The zero-order valence-corrected chi connectivity index (χ0v) is 10.3. The van der Waals surface area contributed by atoms with E-state index in [0.717, 1.165) is 12.1 Å². The highest BCUT2D eigenvalue weighted by atomic mass is 15.2. The van der Waals surface area contributed by atoms with Gasteiger partial charge in [-0.2, -0.15) is 0 Å². The van der Waals surface area contributed by atoms with E-state index in [2.05, 4.69) is 37.6 Å². The van der Waals surface area contributed by atoms with E-state index >= 15 is 0 Å². The smallest absolute Gasteiger partial charge is 0.0223 e. The summed E-state index contributed by atoms with van der Waals surface area (Å²) in [6.45, 7) is 10.7. The number of hydrogen-bond acceptors (Lipinski definition) is 2. The number of likely N-dealkylation sites (tertiary alicyclic amines) is 1. The molecule has 0 N–H and O–H groups in total. The molecule has 1 fully saturated rings. The summed E-state index contributed by atoms with van der Waals surface area (Å²) in [5.74, 6) is 0. The fraction of sp³-hybridized carbons (Fsp3) is 1.00. The van der Waals surface area contributed by atoms with Gasteiger partial charge in [-0.05, 0) is 46.3 Å². The maximum atomic E-state index is 2.62. The Morgan fingerprint density at radius 1 is 1.43 bits per heavy atom. The van der Waals surface area contributed by atoms with Crippen LogP contribution in [0.2, 0.25) is 0 Å². The Labute approximate surface area is 89.3 Å². The Kier molecular flexibility index (Phi) is 4.90. The van der Waals surface area contributed by atoms with Gasteiger partial charge in [-0.3, -0.25) is 4.90 Å². The van der Waals surface area contributed by atoms with Gasteiger partial charge in [-0.25, -0.2) is 0 Å². The average Bonchev–Trinajstić information content (AvgIpc) is 2.63. The van der Waals surface area contributed by atoms with Crippen molar-refractivity contribution < 1.29 is 0 Å². The first kappa shape index (κ1) is 12.0. The molecule has 14 heavy (non-hydrogen) atoms. The molecule has 1 rings (SSSR count). The van der Waals surface area contributed by atoms with Crippen LogP contribution in [0.25, 0.3) is 0 Å².